The van der Waals surface area contributed by atoms with E-state index in [-0.39, 0.29) is 0 Å². The molecule has 0 saturated carbocycles. The molecule has 0 saturated heterocycles. The zero-order chi connectivity index (χ0) is 8.27. The van der Waals surface area contributed by atoms with Gasteiger partial charge in [0.05, 0.1) is 5.69 Å². The van der Waals surface area contributed by atoms with E-state index in [0.717, 1.165) is 5.69 Å². The number of hydrogen-bond acceptors (Lipinski definition) is 4. The predicted molar refractivity (Wildman–Crippen MR) is 41.7 cm³/mol. The third-order valence-electron chi connectivity index (χ3n) is 1.33. The minimum absolute atomic E-state index is 0.514. The van der Waals surface area contributed by atoms with Crippen molar-refractivity contribution in [3.8, 4) is 0 Å². The molecule has 0 aliphatic carbocycles. The summed E-state index contributed by atoms with van der Waals surface area (Å²) in [6, 6.07) is 5.31. The fourth-order valence-corrected chi connectivity index (χ4v) is 0.783. The lowest BCUT2D eigenvalue weighted by molar-refractivity contribution is 0.733. The molecule has 4 nitrogen and oxygen atoms in total. The number of aromatic nitrogens is 1. The first-order valence-electron chi connectivity index (χ1n) is 3.25. The van der Waals surface area contributed by atoms with Crippen molar-refractivity contribution in [1.29, 1.82) is 0 Å². The average molecular weight is 151 g/mol. The molecule has 0 aromatic carbocycles. The maximum atomic E-state index is 10.0. The second kappa shape index (κ2) is 3.21. The summed E-state index contributed by atoms with van der Waals surface area (Å²) < 4.78 is 0. The molecule has 0 amide bonds. The van der Waals surface area contributed by atoms with Gasteiger partial charge < -0.3 is 5.73 Å². The van der Waals surface area contributed by atoms with Crippen molar-refractivity contribution < 1.29 is 0 Å². The van der Waals surface area contributed by atoms with Gasteiger partial charge in [-0.2, -0.15) is 0 Å². The van der Waals surface area contributed by atoms with Gasteiger partial charge >= 0.3 is 0 Å². The Labute approximate surface area is 64.4 Å². The highest BCUT2D eigenvalue weighted by molar-refractivity contribution is 5.12. The zero-order valence-corrected chi connectivity index (χ0v) is 6.19. The normalized spacial score (nSPS) is 12.5. The molecule has 1 unspecified atom stereocenters. The maximum Gasteiger partial charge on any atom is 0.182 e. The number of rotatable bonds is 2. The van der Waals surface area contributed by atoms with Gasteiger partial charge in [-0.15, -0.1) is 4.91 Å². The summed E-state index contributed by atoms with van der Waals surface area (Å²) in [5, 5.41) is 2.67. The monoisotopic (exact) mass is 151 g/mol. The summed E-state index contributed by atoms with van der Waals surface area (Å²) in [5.74, 6) is 0. The number of nitrogens with zero attached hydrogens (tertiary/aromatic N) is 2. The van der Waals surface area contributed by atoms with Crippen molar-refractivity contribution in [3.05, 3.63) is 34.5 Å². The molecule has 0 spiro atoms. The molecule has 1 aromatic rings. The van der Waals surface area contributed by atoms with Gasteiger partial charge in [0.1, 0.15) is 0 Å². The molecule has 1 rings (SSSR count). The van der Waals surface area contributed by atoms with Gasteiger partial charge in [0.25, 0.3) is 0 Å². The van der Waals surface area contributed by atoms with E-state index < -0.39 is 6.17 Å². The zero-order valence-electron chi connectivity index (χ0n) is 6.19. The molecule has 1 atom stereocenters. The number of aryl methyl sites for hydroxylation is 1. The van der Waals surface area contributed by atoms with Gasteiger partial charge in [0, 0.05) is 5.69 Å². The fourth-order valence-electron chi connectivity index (χ4n) is 0.783. The number of hydrogen-bond donors (Lipinski definition) is 1. The van der Waals surface area contributed by atoms with E-state index in [1.165, 1.54) is 0 Å². The second-order valence-corrected chi connectivity index (χ2v) is 2.25. The predicted octanol–water partition coefficient (Wildman–Crippen LogP) is 1.11. The smallest absolute Gasteiger partial charge is 0.182 e. The van der Waals surface area contributed by atoms with Crippen LogP contribution in [0.15, 0.2) is 23.4 Å². The SMILES string of the molecule is Cc1cccc(C(N)N=O)n1. The lowest BCUT2D eigenvalue weighted by Gasteiger charge is -2.01. The van der Waals surface area contributed by atoms with E-state index in [0.29, 0.717) is 5.69 Å². The van der Waals surface area contributed by atoms with Crippen LogP contribution in [0.1, 0.15) is 17.6 Å². The molecule has 58 valence electrons. The van der Waals surface area contributed by atoms with E-state index in [9.17, 15) is 4.91 Å². The number of pyridine rings is 1. The van der Waals surface area contributed by atoms with Crippen molar-refractivity contribution >= 4 is 0 Å². The lowest BCUT2D eigenvalue weighted by atomic mass is 10.3. The molecule has 11 heavy (non-hydrogen) atoms. The molecule has 2 N–H and O–H groups in total. The molecule has 0 aliphatic heterocycles. The Bertz CT molecular complexity index is 262. The van der Waals surface area contributed by atoms with Gasteiger partial charge in [0.15, 0.2) is 6.17 Å². The first kappa shape index (κ1) is 7.81. The van der Waals surface area contributed by atoms with Gasteiger partial charge in [0.2, 0.25) is 0 Å². The summed E-state index contributed by atoms with van der Waals surface area (Å²) in [7, 11) is 0. The summed E-state index contributed by atoms with van der Waals surface area (Å²) in [6.45, 7) is 1.83. The molecule has 4 heteroatoms. The first-order chi connectivity index (χ1) is 5.24. The van der Waals surface area contributed by atoms with Crippen molar-refractivity contribution in [1.82, 2.24) is 4.98 Å². The van der Waals surface area contributed by atoms with E-state index in [1.807, 2.05) is 13.0 Å². The van der Waals surface area contributed by atoms with Crippen molar-refractivity contribution in [2.45, 2.75) is 13.1 Å². The largest absolute Gasteiger partial charge is 0.302 e. The van der Waals surface area contributed by atoms with Crippen molar-refractivity contribution in [2.24, 2.45) is 10.9 Å². The van der Waals surface area contributed by atoms with Crippen LogP contribution in [-0.4, -0.2) is 4.98 Å². The molecule has 0 aliphatic rings. The first-order valence-corrected chi connectivity index (χ1v) is 3.25. The Hall–Kier alpha value is -1.29. The fraction of sp³-hybridized carbons (Fsp3) is 0.286. The minimum Gasteiger partial charge on any atom is -0.302 e. The minimum atomic E-state index is -0.838. The standard InChI is InChI=1S/C7H9N3O/c1-5-3-2-4-6(9-5)7(8)10-11/h2-4,7H,8H2,1H3. The maximum absolute atomic E-state index is 10.0. The molecular formula is C7H9N3O. The molecule has 0 bridgehead atoms. The topological polar surface area (TPSA) is 68.3 Å². The lowest BCUT2D eigenvalue weighted by Crippen LogP contribution is -2.08. The van der Waals surface area contributed by atoms with E-state index in [2.05, 4.69) is 10.2 Å². The third kappa shape index (κ3) is 1.81. The Morgan fingerprint density at radius 3 is 2.91 bits per heavy atom. The van der Waals surface area contributed by atoms with Crippen LogP contribution in [0.2, 0.25) is 0 Å². The Balaban J connectivity index is 2.95. The molecule has 1 aromatic heterocycles. The quantitative estimate of drug-likeness (QED) is 0.644. The Kier molecular flexibility index (Phi) is 2.28. The molecule has 0 radical (unpaired) electrons. The number of nitrogens with two attached hydrogens (primary N) is 1. The molecule has 1 heterocycles. The van der Waals surface area contributed by atoms with Gasteiger partial charge in [-0.3, -0.25) is 4.98 Å². The Morgan fingerprint density at radius 1 is 1.64 bits per heavy atom. The third-order valence-corrected chi connectivity index (χ3v) is 1.33. The number of nitroso groups, excluding NO2 is 1. The summed E-state index contributed by atoms with van der Waals surface area (Å²) in [5.41, 5.74) is 6.67. The summed E-state index contributed by atoms with van der Waals surface area (Å²) in [6.07, 6.45) is -0.838. The van der Waals surface area contributed by atoms with E-state index in [4.69, 9.17) is 5.73 Å². The average Bonchev–Trinajstić information content (AvgIpc) is 2.03. The van der Waals surface area contributed by atoms with Gasteiger partial charge in [-0.05, 0) is 24.2 Å². The van der Waals surface area contributed by atoms with Crippen LogP contribution in [0, 0.1) is 11.8 Å². The highest BCUT2D eigenvalue weighted by Gasteiger charge is 2.05. The van der Waals surface area contributed by atoms with Crippen LogP contribution in [-0.2, 0) is 0 Å². The van der Waals surface area contributed by atoms with Gasteiger partial charge in [-0.25, -0.2) is 0 Å². The van der Waals surface area contributed by atoms with Crippen LogP contribution in [0.3, 0.4) is 0 Å². The molecular weight excluding hydrogens is 142 g/mol. The molecule has 0 fully saturated rings. The van der Waals surface area contributed by atoms with E-state index >= 15 is 0 Å². The van der Waals surface area contributed by atoms with Crippen LogP contribution >= 0.6 is 0 Å². The van der Waals surface area contributed by atoms with Crippen LogP contribution in [0.25, 0.3) is 0 Å². The van der Waals surface area contributed by atoms with Crippen molar-refractivity contribution in [3.63, 3.8) is 0 Å². The summed E-state index contributed by atoms with van der Waals surface area (Å²) >= 11 is 0. The highest BCUT2D eigenvalue weighted by atomic mass is 16.3. The second-order valence-electron chi connectivity index (χ2n) is 2.25. The van der Waals surface area contributed by atoms with E-state index in [1.54, 1.807) is 12.1 Å². The van der Waals surface area contributed by atoms with Crippen LogP contribution in [0.5, 0.6) is 0 Å². The van der Waals surface area contributed by atoms with Crippen LogP contribution in [0.4, 0.5) is 0 Å². The summed E-state index contributed by atoms with van der Waals surface area (Å²) in [4.78, 5) is 14.0. The van der Waals surface area contributed by atoms with Crippen molar-refractivity contribution in [2.75, 3.05) is 0 Å². The van der Waals surface area contributed by atoms with Gasteiger partial charge in [-0.1, -0.05) is 6.07 Å². The highest BCUT2D eigenvalue weighted by Crippen LogP contribution is 2.07. The Morgan fingerprint density at radius 2 is 2.36 bits per heavy atom. The van der Waals surface area contributed by atoms with Crippen LogP contribution < -0.4 is 5.73 Å².